The molecule has 20 atom stereocenters. The van der Waals surface area contributed by atoms with Crippen LogP contribution in [0.3, 0.4) is 0 Å². The van der Waals surface area contributed by atoms with Crippen molar-refractivity contribution in [2.45, 2.75) is 167 Å². The molecule has 0 amide bonds. The van der Waals surface area contributed by atoms with Crippen LogP contribution in [-0.2, 0) is 23.7 Å². The van der Waals surface area contributed by atoms with Gasteiger partial charge in [-0.2, -0.15) is 0 Å². The van der Waals surface area contributed by atoms with E-state index in [1.807, 2.05) is 6.92 Å². The lowest BCUT2D eigenvalue weighted by Gasteiger charge is -2.71. The van der Waals surface area contributed by atoms with E-state index in [-0.39, 0.29) is 57.9 Å². The van der Waals surface area contributed by atoms with Crippen molar-refractivity contribution in [1.82, 2.24) is 0 Å². The molecular weight excluding hydrogens is 704 g/mol. The van der Waals surface area contributed by atoms with Crippen molar-refractivity contribution < 1.29 is 69.7 Å². The number of hydrogen-bond acceptors (Lipinski definition) is 13. The van der Waals surface area contributed by atoms with Crippen LogP contribution in [0.15, 0.2) is 11.6 Å². The molecule has 14 nitrogen and oxygen atoms in total. The number of allylic oxidation sites excluding steroid dienone is 2. The zero-order chi connectivity index (χ0) is 39.5. The van der Waals surface area contributed by atoms with Crippen molar-refractivity contribution in [3.63, 3.8) is 0 Å². The smallest absolute Gasteiger partial charge is 0.306 e. The molecule has 0 radical (unpaired) electrons. The minimum Gasteiger partial charge on any atom is -0.481 e. The summed E-state index contributed by atoms with van der Waals surface area (Å²) in [4.78, 5) is 12.5. The minimum absolute atomic E-state index is 0.00500. The Morgan fingerprint density at radius 3 is 2.06 bits per heavy atom. The summed E-state index contributed by atoms with van der Waals surface area (Å²) in [7, 11) is 0. The van der Waals surface area contributed by atoms with Gasteiger partial charge in [0.15, 0.2) is 25.2 Å². The summed E-state index contributed by atoms with van der Waals surface area (Å²) < 4.78 is 23.2. The number of hydrogen-bond donors (Lipinski definition) is 9. The van der Waals surface area contributed by atoms with Gasteiger partial charge in [-0.05, 0) is 103 Å². The van der Waals surface area contributed by atoms with Crippen molar-refractivity contribution in [2.24, 2.45) is 56.7 Å². The highest BCUT2D eigenvalue weighted by molar-refractivity contribution is 5.71. The fraction of sp³-hybridized carbons (Fsp3) is 0.925. The predicted octanol–water partition coefficient (Wildman–Crippen LogP) is 1.63. The minimum atomic E-state index is -1.92. The fourth-order valence-corrected chi connectivity index (χ4v) is 13.4. The summed E-state index contributed by atoms with van der Waals surface area (Å²) in [5.74, 6) is -0.327. The molecule has 11 unspecified atom stereocenters. The molecule has 7 aliphatic rings. The van der Waals surface area contributed by atoms with Gasteiger partial charge in [-0.3, -0.25) is 4.79 Å². The maximum absolute atomic E-state index is 12.5. The average molecular weight is 769 g/mol. The molecule has 0 bridgehead atoms. The highest BCUT2D eigenvalue weighted by atomic mass is 16.8. The van der Waals surface area contributed by atoms with Crippen LogP contribution < -0.4 is 0 Å². The lowest BCUT2D eigenvalue weighted by molar-refractivity contribution is -0.406. The van der Waals surface area contributed by atoms with E-state index in [2.05, 4.69) is 40.7 Å². The first-order chi connectivity index (χ1) is 25.1. The summed E-state index contributed by atoms with van der Waals surface area (Å²) in [6, 6.07) is 0. The Hall–Kier alpha value is -1.27. The standard InChI is InChI=1S/C40H64O14/c1-36(2)15-19-18(20(16-36)31(47)48)9-13-39(5)21(19)7-8-23-37(3)12-11-24(38(4,17-41)22(37)10-14-40(23,39)6)51-35-30(26(43)28(45)33(50)54-35)52-34-29(46)25(42)27(44)32(49)53-34/h7,18-20,22-30,32-35,41-46,49-50H,8-17H2,1-6H3,(H,47,48)/t18?,19?,20?,22?,23?,24?,25-,26-,27+,28+,29?,30?,32?,33?,34-,35-,37+,38?,39+,40-/m1/s1. The van der Waals surface area contributed by atoms with Crippen molar-refractivity contribution in [3.05, 3.63) is 11.6 Å². The summed E-state index contributed by atoms with van der Waals surface area (Å²) in [5, 5.41) is 94.4. The Morgan fingerprint density at radius 1 is 0.759 bits per heavy atom. The van der Waals surface area contributed by atoms with Gasteiger partial charge in [-0.1, -0.05) is 53.2 Å². The highest BCUT2D eigenvalue weighted by Gasteiger charge is 2.69. The van der Waals surface area contributed by atoms with Crippen LogP contribution in [0.4, 0.5) is 0 Å². The number of aliphatic hydroxyl groups excluding tert-OH is 8. The average Bonchev–Trinajstić information content (AvgIpc) is 3.10. The Bertz CT molecular complexity index is 1460. The number of carbonyl (C=O) groups is 1. The van der Waals surface area contributed by atoms with Gasteiger partial charge in [0.05, 0.1) is 18.6 Å². The zero-order valence-corrected chi connectivity index (χ0v) is 32.5. The van der Waals surface area contributed by atoms with Gasteiger partial charge < -0.3 is 64.9 Å². The topological polar surface area (TPSA) is 236 Å². The lowest BCUT2D eigenvalue weighted by Crippen LogP contribution is -2.67. The van der Waals surface area contributed by atoms with Gasteiger partial charge in [0.25, 0.3) is 0 Å². The van der Waals surface area contributed by atoms with Gasteiger partial charge in [-0.15, -0.1) is 0 Å². The van der Waals surface area contributed by atoms with Crippen molar-refractivity contribution >= 4 is 5.97 Å². The van der Waals surface area contributed by atoms with E-state index in [0.29, 0.717) is 12.8 Å². The van der Waals surface area contributed by atoms with Crippen molar-refractivity contribution in [1.29, 1.82) is 0 Å². The normalized spacial score (nSPS) is 55.7. The molecule has 2 heterocycles. The Labute approximate surface area is 317 Å². The van der Waals surface area contributed by atoms with E-state index in [4.69, 9.17) is 18.9 Å². The SMILES string of the molecule is CC1(C)CC(C(=O)O)C2CC[C@@]3(C)C(=CCC4[C@@]5(C)CCC(O[C@@H]6OC(O)[C@@H](O)[C@@H](O)C6O[C@@H]6OC(O)[C@@H](O)[C@@H](O)C6O)C(C)(CO)C5CC[C@]43C)C2C1. The van der Waals surface area contributed by atoms with Crippen LogP contribution in [0.25, 0.3) is 0 Å². The molecule has 0 aromatic rings. The first-order valence-electron chi connectivity index (χ1n) is 20.1. The number of fused-ring (bicyclic) bond motifs is 7. The summed E-state index contributed by atoms with van der Waals surface area (Å²) in [5.41, 5.74) is 0.236. The van der Waals surface area contributed by atoms with Gasteiger partial charge in [0, 0.05) is 5.41 Å². The third-order valence-corrected chi connectivity index (χ3v) is 16.5. The van der Waals surface area contributed by atoms with E-state index in [0.717, 1.165) is 44.9 Å². The molecule has 7 rings (SSSR count). The largest absolute Gasteiger partial charge is 0.481 e. The molecule has 2 saturated heterocycles. The number of ether oxygens (including phenoxy) is 4. The fourth-order valence-electron chi connectivity index (χ4n) is 13.4. The third-order valence-electron chi connectivity index (χ3n) is 16.5. The molecular formula is C40H64O14. The first-order valence-corrected chi connectivity index (χ1v) is 20.1. The van der Waals surface area contributed by atoms with Crippen LogP contribution in [0.5, 0.6) is 0 Å². The number of rotatable bonds is 6. The maximum atomic E-state index is 12.5. The second kappa shape index (κ2) is 13.9. The summed E-state index contributed by atoms with van der Waals surface area (Å²) >= 11 is 0. The van der Waals surface area contributed by atoms with E-state index in [1.54, 1.807) is 0 Å². The number of aliphatic carboxylic acids is 1. The maximum Gasteiger partial charge on any atom is 0.306 e. The summed E-state index contributed by atoms with van der Waals surface area (Å²) in [6.07, 6.45) is -8.57. The molecule has 2 aliphatic heterocycles. The second-order valence-electron chi connectivity index (χ2n) is 19.8. The van der Waals surface area contributed by atoms with Gasteiger partial charge in [0.2, 0.25) is 0 Å². The molecule has 0 aromatic carbocycles. The molecule has 6 fully saturated rings. The number of carboxylic acid groups (broad SMARTS) is 1. The van der Waals surface area contributed by atoms with E-state index in [9.17, 15) is 50.8 Å². The monoisotopic (exact) mass is 768 g/mol. The Morgan fingerprint density at radius 2 is 1.41 bits per heavy atom. The van der Waals surface area contributed by atoms with Crippen LogP contribution in [0, 0.1) is 56.7 Å². The number of aliphatic hydroxyl groups is 8. The predicted molar refractivity (Wildman–Crippen MR) is 190 cm³/mol. The Balaban J connectivity index is 1.15. The lowest BCUT2D eigenvalue weighted by atomic mass is 9.34. The molecule has 4 saturated carbocycles. The van der Waals surface area contributed by atoms with E-state index >= 15 is 0 Å². The molecule has 5 aliphatic carbocycles. The highest BCUT2D eigenvalue weighted by Crippen LogP contribution is 2.75. The van der Waals surface area contributed by atoms with Crippen LogP contribution >= 0.6 is 0 Å². The Kier molecular flexibility index (Phi) is 10.6. The van der Waals surface area contributed by atoms with E-state index < -0.39 is 79.3 Å². The molecule has 308 valence electrons. The second-order valence-corrected chi connectivity index (χ2v) is 19.8. The van der Waals surface area contributed by atoms with Crippen LogP contribution in [0.2, 0.25) is 0 Å². The molecule has 14 heteroatoms. The van der Waals surface area contributed by atoms with Gasteiger partial charge >= 0.3 is 5.97 Å². The van der Waals surface area contributed by atoms with Crippen LogP contribution in [-0.4, -0.2) is 126 Å². The van der Waals surface area contributed by atoms with Crippen LogP contribution in [0.1, 0.15) is 99.3 Å². The quantitative estimate of drug-likeness (QED) is 0.138. The molecule has 9 N–H and O–H groups in total. The molecule has 0 aromatic heterocycles. The zero-order valence-electron chi connectivity index (χ0n) is 32.5. The van der Waals surface area contributed by atoms with Crippen molar-refractivity contribution in [3.8, 4) is 0 Å². The first kappa shape index (κ1) is 40.9. The number of carboxylic acids is 1. The van der Waals surface area contributed by atoms with E-state index in [1.165, 1.54) is 5.57 Å². The molecule has 54 heavy (non-hydrogen) atoms. The third kappa shape index (κ3) is 6.07. The molecule has 0 spiro atoms. The summed E-state index contributed by atoms with van der Waals surface area (Å²) in [6.45, 7) is 13.4. The van der Waals surface area contributed by atoms with Crippen molar-refractivity contribution in [2.75, 3.05) is 6.61 Å². The van der Waals surface area contributed by atoms with Gasteiger partial charge in [0.1, 0.15) is 36.6 Å². The van der Waals surface area contributed by atoms with Gasteiger partial charge in [-0.25, -0.2) is 0 Å².